The molecule has 1 fully saturated rings. The van der Waals surface area contributed by atoms with E-state index in [1.54, 1.807) is 4.31 Å². The van der Waals surface area contributed by atoms with Crippen molar-refractivity contribution in [2.45, 2.75) is 43.5 Å². The summed E-state index contributed by atoms with van der Waals surface area (Å²) in [5.41, 5.74) is -0.143. The number of rotatable bonds is 4. The minimum atomic E-state index is -3.57. The maximum Gasteiger partial charge on any atom is 0.291 e. The first-order valence-corrected chi connectivity index (χ1v) is 10.6. The minimum Gasteiger partial charge on any atom is -0.266 e. The summed E-state index contributed by atoms with van der Waals surface area (Å²) in [7, 11) is -3.57. The van der Waals surface area contributed by atoms with Crippen LogP contribution in [-0.4, -0.2) is 35.1 Å². The quantitative estimate of drug-likeness (QED) is 0.765. The lowest BCUT2D eigenvalue weighted by Gasteiger charge is -2.34. The molecule has 1 aliphatic rings. The predicted octanol–water partition coefficient (Wildman–Crippen LogP) is 3.49. The van der Waals surface area contributed by atoms with E-state index in [1.807, 2.05) is 6.92 Å². The van der Waals surface area contributed by atoms with Crippen LogP contribution in [0.3, 0.4) is 0 Å². The molecule has 0 N–H and O–H groups in total. The predicted molar refractivity (Wildman–Crippen MR) is 102 cm³/mol. The Labute approximate surface area is 162 Å². The van der Waals surface area contributed by atoms with Gasteiger partial charge in [-0.25, -0.2) is 8.42 Å². The maximum atomic E-state index is 13.0. The molecule has 0 saturated carbocycles. The molecular weight excluding hydrogens is 397 g/mol. The normalized spacial score (nSPS) is 18.8. The summed E-state index contributed by atoms with van der Waals surface area (Å²) in [5, 5.41) is 3.89. The van der Waals surface area contributed by atoms with Gasteiger partial charge in [0.15, 0.2) is 0 Å². The van der Waals surface area contributed by atoms with Crippen molar-refractivity contribution in [1.29, 1.82) is 0 Å². The van der Waals surface area contributed by atoms with Crippen LogP contribution in [0.5, 0.6) is 0 Å². The minimum absolute atomic E-state index is 0.0350. The number of sulfonamides is 1. The second kappa shape index (κ2) is 7.68. The van der Waals surface area contributed by atoms with Gasteiger partial charge in [-0.1, -0.05) is 36.5 Å². The van der Waals surface area contributed by atoms with Gasteiger partial charge in [0.1, 0.15) is 5.02 Å². The average Bonchev–Trinajstić information content (AvgIpc) is 2.66. The Morgan fingerprint density at radius 2 is 1.88 bits per heavy atom. The average molecular weight is 416 g/mol. The molecule has 3 rings (SSSR count). The van der Waals surface area contributed by atoms with Crippen molar-refractivity contribution in [1.82, 2.24) is 14.1 Å². The Morgan fingerprint density at radius 3 is 2.54 bits per heavy atom. The third-order valence-corrected chi connectivity index (χ3v) is 7.32. The first-order chi connectivity index (χ1) is 12.4. The molecule has 0 spiro atoms. The van der Waals surface area contributed by atoms with E-state index >= 15 is 0 Å². The largest absolute Gasteiger partial charge is 0.291 e. The molecule has 0 amide bonds. The van der Waals surface area contributed by atoms with E-state index in [0.29, 0.717) is 12.2 Å². The topological polar surface area (TPSA) is 72.3 Å². The van der Waals surface area contributed by atoms with Crippen LogP contribution < -0.4 is 5.56 Å². The fourth-order valence-electron chi connectivity index (χ4n) is 3.19. The van der Waals surface area contributed by atoms with E-state index in [2.05, 4.69) is 5.10 Å². The molecule has 2 heterocycles. The fraction of sp³-hybridized carbons (Fsp3) is 0.412. The molecule has 0 bridgehead atoms. The van der Waals surface area contributed by atoms with Crippen LogP contribution in [0.15, 0.2) is 40.2 Å². The van der Waals surface area contributed by atoms with Crippen molar-refractivity contribution >= 4 is 33.2 Å². The number of piperidine rings is 1. The Hall–Kier alpha value is -1.41. The Kier molecular flexibility index (Phi) is 5.72. The number of hydrogen-bond acceptors (Lipinski definition) is 4. The monoisotopic (exact) mass is 415 g/mol. The molecule has 1 aliphatic heterocycles. The highest BCUT2D eigenvalue weighted by molar-refractivity contribution is 7.89. The molecule has 1 aromatic carbocycles. The summed E-state index contributed by atoms with van der Waals surface area (Å²) in [6.07, 6.45) is 4.87. The van der Waals surface area contributed by atoms with E-state index in [-0.39, 0.29) is 21.0 Å². The lowest BCUT2D eigenvalue weighted by atomic mass is 10.0. The van der Waals surface area contributed by atoms with Gasteiger partial charge in [-0.05, 0) is 43.5 Å². The maximum absolute atomic E-state index is 13.0. The highest BCUT2D eigenvalue weighted by Crippen LogP contribution is 2.27. The molecule has 0 radical (unpaired) electrons. The molecule has 1 atom stereocenters. The van der Waals surface area contributed by atoms with Crippen LogP contribution in [-0.2, 0) is 10.0 Å². The second-order valence-electron chi connectivity index (χ2n) is 6.19. The second-order valence-corrected chi connectivity index (χ2v) is 8.87. The summed E-state index contributed by atoms with van der Waals surface area (Å²) >= 11 is 11.6. The highest BCUT2D eigenvalue weighted by Gasteiger charge is 2.32. The van der Waals surface area contributed by atoms with Crippen molar-refractivity contribution in [2.75, 3.05) is 6.54 Å². The van der Waals surface area contributed by atoms with Gasteiger partial charge in [0, 0.05) is 12.6 Å². The van der Waals surface area contributed by atoms with Gasteiger partial charge in [0.2, 0.25) is 10.0 Å². The van der Waals surface area contributed by atoms with Gasteiger partial charge in [0.05, 0.1) is 21.8 Å². The van der Waals surface area contributed by atoms with Crippen molar-refractivity contribution in [3.05, 3.63) is 50.9 Å². The zero-order valence-electron chi connectivity index (χ0n) is 14.2. The van der Waals surface area contributed by atoms with E-state index in [0.717, 1.165) is 30.4 Å². The van der Waals surface area contributed by atoms with E-state index in [1.165, 1.54) is 30.5 Å². The number of nitrogens with zero attached hydrogens (tertiary/aromatic N) is 3. The fourth-order valence-corrected chi connectivity index (χ4v) is 5.21. The third-order valence-electron chi connectivity index (χ3n) is 4.61. The van der Waals surface area contributed by atoms with Gasteiger partial charge >= 0.3 is 0 Å². The van der Waals surface area contributed by atoms with Gasteiger partial charge in [-0.3, -0.25) is 4.79 Å². The van der Waals surface area contributed by atoms with E-state index in [9.17, 15) is 13.2 Å². The number of hydrogen-bond donors (Lipinski definition) is 0. The first kappa shape index (κ1) is 19.4. The molecule has 0 aliphatic carbocycles. The van der Waals surface area contributed by atoms with Gasteiger partial charge in [-0.15, -0.1) is 0 Å². The molecular formula is C17H19Cl2N3O3S. The zero-order valence-corrected chi connectivity index (χ0v) is 16.6. The molecule has 0 unspecified atom stereocenters. The molecule has 1 aromatic heterocycles. The van der Waals surface area contributed by atoms with Crippen molar-refractivity contribution < 1.29 is 8.42 Å². The molecule has 9 heteroatoms. The lowest BCUT2D eigenvalue weighted by Crippen LogP contribution is -2.43. The van der Waals surface area contributed by atoms with Crippen LogP contribution in [0, 0.1) is 0 Å². The number of aromatic nitrogens is 2. The SMILES string of the molecule is CC[C@H]1CCCCN1S(=O)(=O)c1ccc(-n2ncc(Cl)c(Cl)c2=O)cc1. The van der Waals surface area contributed by atoms with Gasteiger partial charge in [0.25, 0.3) is 5.56 Å². The highest BCUT2D eigenvalue weighted by atomic mass is 35.5. The van der Waals surface area contributed by atoms with Gasteiger partial charge < -0.3 is 0 Å². The standard InChI is InChI=1S/C17H19Cl2N3O3S/c1-2-12-5-3-4-10-21(12)26(24,25)14-8-6-13(7-9-14)22-17(23)16(19)15(18)11-20-22/h6-9,11-12H,2-5,10H2,1H3/t12-/m0/s1. The number of halogens is 2. The van der Waals surface area contributed by atoms with Crippen LogP contribution in [0.4, 0.5) is 0 Å². The molecule has 6 nitrogen and oxygen atoms in total. The smallest absolute Gasteiger partial charge is 0.266 e. The summed E-state index contributed by atoms with van der Waals surface area (Å²) in [4.78, 5) is 12.4. The summed E-state index contributed by atoms with van der Waals surface area (Å²) in [5.74, 6) is 0. The summed E-state index contributed by atoms with van der Waals surface area (Å²) < 4.78 is 28.6. The van der Waals surface area contributed by atoms with Crippen LogP contribution in [0.1, 0.15) is 32.6 Å². The number of benzene rings is 1. The Bertz CT molecular complexity index is 958. The first-order valence-electron chi connectivity index (χ1n) is 8.42. The van der Waals surface area contributed by atoms with Crippen LogP contribution in [0.25, 0.3) is 5.69 Å². The van der Waals surface area contributed by atoms with Crippen molar-refractivity contribution in [3.63, 3.8) is 0 Å². The lowest BCUT2D eigenvalue weighted by molar-refractivity contribution is 0.246. The van der Waals surface area contributed by atoms with E-state index < -0.39 is 15.6 Å². The zero-order chi connectivity index (χ0) is 18.9. The molecule has 2 aromatic rings. The third kappa shape index (κ3) is 3.53. The molecule has 26 heavy (non-hydrogen) atoms. The summed E-state index contributed by atoms with van der Waals surface area (Å²) in [6.45, 7) is 2.54. The van der Waals surface area contributed by atoms with E-state index in [4.69, 9.17) is 23.2 Å². The van der Waals surface area contributed by atoms with Crippen LogP contribution in [0.2, 0.25) is 10.0 Å². The molecule has 140 valence electrons. The van der Waals surface area contributed by atoms with Crippen molar-refractivity contribution in [3.8, 4) is 5.69 Å². The molecule has 1 saturated heterocycles. The van der Waals surface area contributed by atoms with Gasteiger partial charge in [-0.2, -0.15) is 14.1 Å². The Morgan fingerprint density at radius 1 is 1.19 bits per heavy atom. The summed E-state index contributed by atoms with van der Waals surface area (Å²) in [6, 6.07) is 6.09. The van der Waals surface area contributed by atoms with Crippen LogP contribution >= 0.6 is 23.2 Å². The Balaban J connectivity index is 1.95. The van der Waals surface area contributed by atoms with Crippen molar-refractivity contribution in [2.24, 2.45) is 0 Å².